The van der Waals surface area contributed by atoms with Crippen molar-refractivity contribution in [3.8, 4) is 0 Å². The Morgan fingerprint density at radius 2 is 1.41 bits per heavy atom. The minimum Gasteiger partial charge on any atom is -0.407 e. The first-order valence-corrected chi connectivity index (χ1v) is 15.2. The molecule has 4 nitrogen and oxygen atoms in total. The summed E-state index contributed by atoms with van der Waals surface area (Å²) in [6, 6.07) is 19.9. The maximum absolute atomic E-state index is 14.8. The second-order valence-electron chi connectivity index (χ2n) is 9.50. The fraction of sp³-hybridized carbons (Fsp3) is 0.462. The van der Waals surface area contributed by atoms with Gasteiger partial charge in [0.15, 0.2) is 0 Å². The molecular formula is C26H35F2O4PSi. The normalized spacial score (nSPS) is 20.6. The van der Waals surface area contributed by atoms with Crippen LogP contribution in [0.25, 0.3) is 0 Å². The molecule has 0 bridgehead atoms. The van der Waals surface area contributed by atoms with E-state index in [1.165, 1.54) is 11.9 Å². The van der Waals surface area contributed by atoms with Gasteiger partial charge in [-0.15, -0.1) is 0 Å². The van der Waals surface area contributed by atoms with Crippen molar-refractivity contribution in [3.05, 3.63) is 72.6 Å². The molecule has 2 aromatic carbocycles. The van der Waals surface area contributed by atoms with Gasteiger partial charge in [0, 0.05) is 12.4 Å². The van der Waals surface area contributed by atoms with Crippen molar-refractivity contribution in [1.29, 1.82) is 0 Å². The number of alkyl halides is 2. The summed E-state index contributed by atoms with van der Waals surface area (Å²) < 4.78 is 59.4. The molecule has 1 saturated carbocycles. The maximum atomic E-state index is 14.8. The Morgan fingerprint density at radius 3 is 1.82 bits per heavy atom. The first-order chi connectivity index (χ1) is 16.0. The van der Waals surface area contributed by atoms with E-state index < -0.39 is 33.7 Å². The van der Waals surface area contributed by atoms with Gasteiger partial charge in [-0.2, -0.15) is 0 Å². The lowest BCUT2D eigenvalue weighted by molar-refractivity contribution is 0.0780. The van der Waals surface area contributed by atoms with Gasteiger partial charge in [-0.3, -0.25) is 4.57 Å². The zero-order chi connectivity index (χ0) is 25.0. The van der Waals surface area contributed by atoms with Crippen LogP contribution in [0.15, 0.2) is 72.6 Å². The molecule has 0 saturated heterocycles. The van der Waals surface area contributed by atoms with E-state index in [1.54, 1.807) is 13.8 Å². The Labute approximate surface area is 203 Å². The summed E-state index contributed by atoms with van der Waals surface area (Å²) in [5.74, 6) is -3.82. The lowest BCUT2D eigenvalue weighted by Crippen LogP contribution is -2.66. The minimum absolute atomic E-state index is 0.0944. The zero-order valence-corrected chi connectivity index (χ0v) is 22.4. The zero-order valence-electron chi connectivity index (χ0n) is 20.5. The molecular weight excluding hydrogens is 473 g/mol. The van der Waals surface area contributed by atoms with E-state index in [2.05, 4.69) is 20.8 Å². The average Bonchev–Trinajstić information content (AvgIpc) is 3.32. The third-order valence-corrected chi connectivity index (χ3v) is 13.0. The number of rotatable bonds is 11. The van der Waals surface area contributed by atoms with Crippen molar-refractivity contribution < 1.29 is 26.8 Å². The van der Waals surface area contributed by atoms with Crippen LogP contribution in [0.1, 0.15) is 34.6 Å². The smallest absolute Gasteiger partial charge is 0.353 e. The van der Waals surface area contributed by atoms with E-state index >= 15 is 0 Å². The Morgan fingerprint density at radius 1 is 0.941 bits per heavy atom. The van der Waals surface area contributed by atoms with E-state index in [4.69, 9.17) is 13.5 Å². The maximum Gasteiger partial charge on any atom is 0.353 e. The number of allylic oxidation sites excluding steroid dienone is 1. The fourth-order valence-corrected chi connectivity index (χ4v) is 10.5. The van der Waals surface area contributed by atoms with E-state index in [0.29, 0.717) is 0 Å². The highest BCUT2D eigenvalue weighted by Gasteiger charge is 2.67. The number of hydrogen-bond acceptors (Lipinski definition) is 4. The summed E-state index contributed by atoms with van der Waals surface area (Å²) in [7, 11) is -6.45. The summed E-state index contributed by atoms with van der Waals surface area (Å²) in [5, 5.41) is 1.79. The third-order valence-electron chi connectivity index (χ3n) is 6.25. The quantitative estimate of drug-likeness (QED) is 0.267. The summed E-state index contributed by atoms with van der Waals surface area (Å²) in [4.78, 5) is 0. The first kappa shape index (κ1) is 27.0. The Kier molecular flexibility index (Phi) is 8.36. The Hall–Kier alpha value is -1.63. The van der Waals surface area contributed by atoms with Crippen LogP contribution >= 0.6 is 7.60 Å². The van der Waals surface area contributed by atoms with Crippen LogP contribution in [0.4, 0.5) is 8.78 Å². The summed E-state index contributed by atoms with van der Waals surface area (Å²) in [5.41, 5.74) is 0. The molecule has 0 radical (unpaired) electrons. The molecule has 0 N–H and O–H groups in total. The van der Waals surface area contributed by atoms with Gasteiger partial charge in [0.05, 0.1) is 25.0 Å². The molecule has 34 heavy (non-hydrogen) atoms. The third kappa shape index (κ3) is 5.44. The van der Waals surface area contributed by atoms with Gasteiger partial charge in [-0.1, -0.05) is 87.5 Å². The minimum atomic E-state index is -3.54. The van der Waals surface area contributed by atoms with Crippen molar-refractivity contribution in [3.63, 3.8) is 0 Å². The molecule has 2 unspecified atom stereocenters. The van der Waals surface area contributed by atoms with Crippen LogP contribution in [0.2, 0.25) is 5.04 Å². The molecule has 0 amide bonds. The summed E-state index contributed by atoms with van der Waals surface area (Å²) >= 11 is 0. The van der Waals surface area contributed by atoms with Crippen molar-refractivity contribution >= 4 is 26.3 Å². The standard InChI is InChI=1S/C26H35F2O4PSi/c1-6-30-33(29,31-7-2)19-18-23-24(26(23,27)28)20-32-34(25(3,4)5,21-14-10-8-11-15-21)22-16-12-9-13-17-22/h8-19,23-24H,6-7,20H2,1-5H3. The highest BCUT2D eigenvalue weighted by atomic mass is 31.2. The fourth-order valence-electron chi connectivity index (χ4n) is 4.55. The van der Waals surface area contributed by atoms with Crippen molar-refractivity contribution in [1.82, 2.24) is 0 Å². The molecule has 2 atom stereocenters. The van der Waals surface area contributed by atoms with Crippen LogP contribution in [0.5, 0.6) is 0 Å². The van der Waals surface area contributed by atoms with Gasteiger partial charge in [0.2, 0.25) is 0 Å². The number of benzene rings is 2. The van der Waals surface area contributed by atoms with Gasteiger partial charge in [-0.05, 0) is 29.3 Å². The second-order valence-corrected chi connectivity index (χ2v) is 15.7. The van der Waals surface area contributed by atoms with Crippen LogP contribution < -0.4 is 10.4 Å². The molecule has 0 heterocycles. The van der Waals surface area contributed by atoms with E-state index in [9.17, 15) is 13.3 Å². The molecule has 0 aliphatic heterocycles. The van der Waals surface area contributed by atoms with Gasteiger partial charge < -0.3 is 13.5 Å². The van der Waals surface area contributed by atoms with E-state index in [0.717, 1.165) is 10.4 Å². The molecule has 2 aromatic rings. The van der Waals surface area contributed by atoms with Crippen molar-refractivity contribution in [2.75, 3.05) is 19.8 Å². The largest absolute Gasteiger partial charge is 0.407 e. The summed E-state index contributed by atoms with van der Waals surface area (Å²) in [6.07, 6.45) is 1.28. The monoisotopic (exact) mass is 508 g/mol. The van der Waals surface area contributed by atoms with Crippen LogP contribution in [-0.2, 0) is 18.0 Å². The number of hydrogen-bond donors (Lipinski definition) is 0. The van der Waals surface area contributed by atoms with Crippen LogP contribution in [0.3, 0.4) is 0 Å². The van der Waals surface area contributed by atoms with Crippen molar-refractivity contribution in [2.45, 2.75) is 45.6 Å². The summed E-state index contributed by atoms with van der Waals surface area (Å²) in [6.45, 7) is 9.96. The highest BCUT2D eigenvalue weighted by Crippen LogP contribution is 2.59. The second kappa shape index (κ2) is 10.5. The average molecular weight is 509 g/mol. The topological polar surface area (TPSA) is 44.8 Å². The molecule has 1 aliphatic rings. The van der Waals surface area contributed by atoms with Crippen LogP contribution in [-0.4, -0.2) is 34.1 Å². The van der Waals surface area contributed by atoms with Gasteiger partial charge in [0.1, 0.15) is 0 Å². The lowest BCUT2D eigenvalue weighted by atomic mass is 10.2. The molecule has 0 aromatic heterocycles. The predicted molar refractivity (Wildman–Crippen MR) is 135 cm³/mol. The number of halogens is 2. The van der Waals surface area contributed by atoms with Crippen molar-refractivity contribution in [2.24, 2.45) is 11.8 Å². The molecule has 1 fully saturated rings. The predicted octanol–water partition coefficient (Wildman–Crippen LogP) is 6.22. The van der Waals surface area contributed by atoms with Crippen LogP contribution in [0, 0.1) is 11.8 Å². The van der Waals surface area contributed by atoms with Gasteiger partial charge in [0.25, 0.3) is 14.2 Å². The van der Waals surface area contributed by atoms with E-state index in [1.807, 2.05) is 60.7 Å². The first-order valence-electron chi connectivity index (χ1n) is 11.7. The molecule has 1 aliphatic carbocycles. The van der Waals surface area contributed by atoms with Gasteiger partial charge in [-0.25, -0.2) is 8.78 Å². The molecule has 0 spiro atoms. The SMILES string of the molecule is CCOP(=O)(C=CC1C(CO[Si](c2ccccc2)(c2ccccc2)C(C)(C)C)C1(F)F)OCC. The highest BCUT2D eigenvalue weighted by molar-refractivity contribution is 7.57. The Balaban J connectivity index is 1.90. The van der Waals surface area contributed by atoms with E-state index in [-0.39, 0.29) is 24.9 Å². The Bertz CT molecular complexity index is 959. The molecule has 3 rings (SSSR count). The van der Waals surface area contributed by atoms with Gasteiger partial charge >= 0.3 is 7.60 Å². The molecule has 186 valence electrons. The molecule has 8 heteroatoms. The lowest BCUT2D eigenvalue weighted by Gasteiger charge is -2.43.